The number of nitrogens with zero attached hydrogens (tertiary/aromatic N) is 3. The van der Waals surface area contributed by atoms with Crippen molar-refractivity contribution in [3.05, 3.63) is 90.0 Å². The maximum atomic E-state index is 13.7. The van der Waals surface area contributed by atoms with Crippen LogP contribution in [0.15, 0.2) is 72.9 Å². The third-order valence-electron chi connectivity index (χ3n) is 7.02. The number of halogens is 1. The first-order chi connectivity index (χ1) is 18.0. The molecule has 3 aromatic rings. The molecule has 0 bridgehead atoms. The van der Waals surface area contributed by atoms with Gasteiger partial charge in [-0.05, 0) is 61.7 Å². The average molecular weight is 506 g/mol. The van der Waals surface area contributed by atoms with Crippen molar-refractivity contribution < 1.29 is 18.7 Å². The van der Waals surface area contributed by atoms with Gasteiger partial charge in [-0.1, -0.05) is 49.6 Å². The highest BCUT2D eigenvalue weighted by Gasteiger charge is 2.28. The van der Waals surface area contributed by atoms with Crippen molar-refractivity contribution in [2.75, 3.05) is 19.7 Å². The topological polar surface area (TPSA) is 54.8 Å². The number of ether oxygens (including phenoxy) is 1. The molecule has 37 heavy (non-hydrogen) atoms. The number of aromatic nitrogens is 1. The first-order valence-corrected chi connectivity index (χ1v) is 13.2. The second kappa shape index (κ2) is 13.1. The summed E-state index contributed by atoms with van der Waals surface area (Å²) in [7, 11) is 0. The lowest BCUT2D eigenvalue weighted by molar-refractivity contribution is -0.143. The van der Waals surface area contributed by atoms with Crippen molar-refractivity contribution >= 4 is 11.8 Å². The van der Waals surface area contributed by atoms with E-state index in [4.69, 9.17) is 4.74 Å². The van der Waals surface area contributed by atoms with Crippen LogP contribution in [0.25, 0.3) is 0 Å². The van der Waals surface area contributed by atoms with Crippen molar-refractivity contribution in [1.29, 1.82) is 0 Å². The fourth-order valence-corrected chi connectivity index (χ4v) is 4.91. The number of rotatable bonds is 11. The van der Waals surface area contributed by atoms with Gasteiger partial charge in [0.05, 0.1) is 13.1 Å². The minimum Gasteiger partial charge on any atom is -0.484 e. The molecular formula is C30H36FN3O3. The first kappa shape index (κ1) is 26.5. The Morgan fingerprint density at radius 1 is 0.946 bits per heavy atom. The molecule has 0 saturated heterocycles. The molecule has 0 atom stereocenters. The molecule has 0 radical (unpaired) electrons. The predicted octanol–water partition coefficient (Wildman–Crippen LogP) is 5.26. The summed E-state index contributed by atoms with van der Waals surface area (Å²) in [6, 6.07) is 19.9. The molecule has 2 aromatic carbocycles. The van der Waals surface area contributed by atoms with Crippen LogP contribution in [0.4, 0.5) is 4.39 Å². The van der Waals surface area contributed by atoms with Crippen LogP contribution in [0.2, 0.25) is 0 Å². The lowest BCUT2D eigenvalue weighted by Gasteiger charge is -2.36. The molecule has 0 N–H and O–H groups in total. The first-order valence-electron chi connectivity index (χ1n) is 13.2. The maximum absolute atomic E-state index is 13.7. The summed E-state index contributed by atoms with van der Waals surface area (Å²) < 4.78 is 21.1. The van der Waals surface area contributed by atoms with Crippen LogP contribution < -0.4 is 4.74 Å². The third-order valence-corrected chi connectivity index (χ3v) is 7.02. The second-order valence-corrected chi connectivity index (χ2v) is 9.58. The highest BCUT2D eigenvalue weighted by molar-refractivity contribution is 5.85. The number of amides is 2. The third kappa shape index (κ3) is 7.44. The van der Waals surface area contributed by atoms with E-state index >= 15 is 0 Å². The highest BCUT2D eigenvalue weighted by Crippen LogP contribution is 2.25. The van der Waals surface area contributed by atoms with E-state index in [-0.39, 0.29) is 36.8 Å². The summed E-state index contributed by atoms with van der Waals surface area (Å²) in [5.41, 5.74) is 2.01. The van der Waals surface area contributed by atoms with Gasteiger partial charge in [0, 0.05) is 31.0 Å². The van der Waals surface area contributed by atoms with E-state index in [1.165, 1.54) is 18.6 Å². The molecule has 0 unspecified atom stereocenters. The molecule has 2 amide bonds. The molecule has 1 heterocycles. The lowest BCUT2D eigenvalue weighted by atomic mass is 9.94. The van der Waals surface area contributed by atoms with Crippen LogP contribution in [0.1, 0.15) is 50.3 Å². The van der Waals surface area contributed by atoms with Crippen LogP contribution in [0.3, 0.4) is 0 Å². The molecule has 1 aromatic heterocycles. The summed E-state index contributed by atoms with van der Waals surface area (Å²) in [5, 5.41) is 0. The van der Waals surface area contributed by atoms with Gasteiger partial charge in [-0.2, -0.15) is 0 Å². The second-order valence-electron chi connectivity index (χ2n) is 9.58. The Morgan fingerprint density at radius 2 is 1.68 bits per heavy atom. The van der Waals surface area contributed by atoms with Gasteiger partial charge < -0.3 is 19.1 Å². The number of para-hydroxylation sites is 1. The number of benzene rings is 2. The minimum absolute atomic E-state index is 0.0304. The normalized spacial score (nSPS) is 13.8. The molecule has 0 aliphatic heterocycles. The minimum atomic E-state index is -0.255. The smallest absolute Gasteiger partial charge is 0.260 e. The summed E-state index contributed by atoms with van der Waals surface area (Å²) in [6.07, 6.45) is 7.34. The number of hydrogen-bond donors (Lipinski definition) is 0. The van der Waals surface area contributed by atoms with E-state index < -0.39 is 0 Å². The van der Waals surface area contributed by atoms with E-state index in [1.807, 2.05) is 48.4 Å². The van der Waals surface area contributed by atoms with Crippen molar-refractivity contribution in [2.24, 2.45) is 0 Å². The van der Waals surface area contributed by atoms with Crippen molar-refractivity contribution in [1.82, 2.24) is 14.4 Å². The Balaban J connectivity index is 1.44. The van der Waals surface area contributed by atoms with Gasteiger partial charge in [0.1, 0.15) is 11.6 Å². The average Bonchev–Trinajstić information content (AvgIpc) is 3.37. The van der Waals surface area contributed by atoms with Gasteiger partial charge in [-0.3, -0.25) is 9.59 Å². The molecule has 4 rings (SSSR count). The standard InChI is InChI=1S/C30H36FN3O3/c1-2-32(30(36)23-37-28-13-7-4-8-14-28)22-29(35)34(26-10-5-3-6-11-26)21-27-12-9-19-33(27)20-24-15-17-25(31)18-16-24/h4,7-9,12-19,26H,2-3,5-6,10-11,20-23H2,1H3. The largest absolute Gasteiger partial charge is 0.484 e. The van der Waals surface area contributed by atoms with Gasteiger partial charge in [0.2, 0.25) is 5.91 Å². The molecule has 0 spiro atoms. The van der Waals surface area contributed by atoms with E-state index in [2.05, 4.69) is 4.57 Å². The Bertz CT molecular complexity index is 1140. The van der Waals surface area contributed by atoms with Crippen molar-refractivity contribution in [3.8, 4) is 5.75 Å². The highest BCUT2D eigenvalue weighted by atomic mass is 19.1. The van der Waals surface area contributed by atoms with E-state index in [0.717, 1.165) is 36.9 Å². The summed E-state index contributed by atoms with van der Waals surface area (Å²) in [5.74, 6) is 0.123. The van der Waals surface area contributed by atoms with Gasteiger partial charge in [-0.25, -0.2) is 4.39 Å². The molecule has 1 aliphatic carbocycles. The fraction of sp³-hybridized carbons (Fsp3) is 0.400. The van der Waals surface area contributed by atoms with Crippen molar-refractivity contribution in [2.45, 2.75) is 58.2 Å². The summed E-state index contributed by atoms with van der Waals surface area (Å²) in [6.45, 7) is 3.32. The molecule has 196 valence electrons. The Hall–Kier alpha value is -3.61. The number of carbonyl (C=O) groups excluding carboxylic acids is 2. The summed E-state index contributed by atoms with van der Waals surface area (Å²) >= 11 is 0. The van der Waals surface area contributed by atoms with Gasteiger partial charge in [0.25, 0.3) is 5.91 Å². The van der Waals surface area contributed by atoms with E-state index in [9.17, 15) is 14.0 Å². The van der Waals surface area contributed by atoms with Gasteiger partial charge >= 0.3 is 0 Å². The van der Waals surface area contributed by atoms with Crippen LogP contribution in [0, 0.1) is 5.82 Å². The maximum Gasteiger partial charge on any atom is 0.260 e. The zero-order valence-electron chi connectivity index (χ0n) is 21.5. The van der Waals surface area contributed by atoms with Crippen LogP contribution in [0.5, 0.6) is 5.75 Å². The lowest BCUT2D eigenvalue weighted by Crippen LogP contribution is -2.48. The number of carbonyl (C=O) groups is 2. The van der Waals surface area contributed by atoms with Crippen LogP contribution in [-0.4, -0.2) is 51.9 Å². The Kier molecular flexibility index (Phi) is 9.35. The van der Waals surface area contributed by atoms with Crippen LogP contribution >= 0.6 is 0 Å². The molecule has 1 fully saturated rings. The van der Waals surface area contributed by atoms with E-state index in [0.29, 0.717) is 25.4 Å². The molecular weight excluding hydrogens is 469 g/mol. The molecule has 7 heteroatoms. The number of likely N-dealkylation sites (N-methyl/N-ethyl adjacent to an activating group) is 1. The SMILES string of the molecule is CCN(CC(=O)N(Cc1cccn1Cc1ccc(F)cc1)C1CCCCC1)C(=O)COc1ccccc1. The molecule has 1 saturated carbocycles. The monoisotopic (exact) mass is 505 g/mol. The Morgan fingerprint density at radius 3 is 2.38 bits per heavy atom. The predicted molar refractivity (Wildman–Crippen MR) is 142 cm³/mol. The van der Waals surface area contributed by atoms with Gasteiger partial charge in [0.15, 0.2) is 6.61 Å². The van der Waals surface area contributed by atoms with Crippen molar-refractivity contribution in [3.63, 3.8) is 0 Å². The number of hydrogen-bond acceptors (Lipinski definition) is 3. The molecule has 6 nitrogen and oxygen atoms in total. The Labute approximate surface area is 218 Å². The fourth-order valence-electron chi connectivity index (χ4n) is 4.91. The zero-order valence-corrected chi connectivity index (χ0v) is 21.5. The summed E-state index contributed by atoms with van der Waals surface area (Å²) in [4.78, 5) is 30.1. The quantitative estimate of drug-likeness (QED) is 0.357. The van der Waals surface area contributed by atoms with Crippen LogP contribution in [-0.2, 0) is 22.7 Å². The molecule has 1 aliphatic rings. The zero-order chi connectivity index (χ0) is 26.0. The van der Waals surface area contributed by atoms with E-state index in [1.54, 1.807) is 29.2 Å². The van der Waals surface area contributed by atoms with Gasteiger partial charge in [-0.15, -0.1) is 0 Å².